The first-order chi connectivity index (χ1) is 14.7. The summed E-state index contributed by atoms with van der Waals surface area (Å²) in [6, 6.07) is 28.4. The lowest BCUT2D eigenvalue weighted by Gasteiger charge is -2.12. The minimum absolute atomic E-state index is 0.508. The number of fused-ring (bicyclic) bond motifs is 1. The van der Waals surface area contributed by atoms with Crippen molar-refractivity contribution in [3.8, 4) is 5.75 Å². The van der Waals surface area contributed by atoms with Gasteiger partial charge in [0.2, 0.25) is 0 Å². The van der Waals surface area contributed by atoms with Crippen molar-refractivity contribution in [1.82, 2.24) is 5.43 Å². The molecule has 0 spiro atoms. The summed E-state index contributed by atoms with van der Waals surface area (Å²) in [7, 11) is 0. The number of rotatable bonds is 7. The molecule has 0 unspecified atom stereocenters. The van der Waals surface area contributed by atoms with Gasteiger partial charge in [0, 0.05) is 14.2 Å². The lowest BCUT2D eigenvalue weighted by molar-refractivity contribution is 0.306. The number of hydrazone groups is 1. The molecule has 150 valence electrons. The molecule has 0 fully saturated rings. The summed E-state index contributed by atoms with van der Waals surface area (Å²) in [6.45, 7) is 1.13. The molecule has 0 saturated heterocycles. The Hall–Kier alpha value is -2.57. The van der Waals surface area contributed by atoms with Crippen molar-refractivity contribution in [2.75, 3.05) is 0 Å². The second-order valence-corrected chi connectivity index (χ2v) is 8.52. The molecule has 3 nitrogen and oxygen atoms in total. The third kappa shape index (κ3) is 5.32. The quantitative estimate of drug-likeness (QED) is 0.163. The Morgan fingerprint density at radius 1 is 0.867 bits per heavy atom. The Balaban J connectivity index is 1.53. The van der Waals surface area contributed by atoms with E-state index in [0.717, 1.165) is 38.2 Å². The monoisotopic (exact) mass is 526 g/mol. The topological polar surface area (TPSA) is 33.6 Å². The zero-order chi connectivity index (χ0) is 20.8. The number of nitrogens with zero attached hydrogens (tertiary/aromatic N) is 1. The Kier molecular flexibility index (Phi) is 6.87. The van der Waals surface area contributed by atoms with E-state index in [9.17, 15) is 0 Å². The maximum atomic E-state index is 6.16. The lowest BCUT2D eigenvalue weighted by Crippen LogP contribution is -2.06. The van der Waals surface area contributed by atoms with E-state index in [4.69, 9.17) is 16.3 Å². The average Bonchev–Trinajstić information content (AvgIpc) is 2.78. The SMILES string of the molecule is Clc1ccc(CN/N=C\c2c(OCc3ccc(I)cc3)ccc3ccccc23)cc1. The van der Waals surface area contributed by atoms with Crippen LogP contribution in [0.4, 0.5) is 0 Å². The predicted molar refractivity (Wildman–Crippen MR) is 133 cm³/mol. The molecule has 0 aliphatic heterocycles. The molecule has 0 aliphatic rings. The van der Waals surface area contributed by atoms with Crippen LogP contribution < -0.4 is 10.2 Å². The minimum atomic E-state index is 0.508. The van der Waals surface area contributed by atoms with Gasteiger partial charge < -0.3 is 10.2 Å². The van der Waals surface area contributed by atoms with Crippen LogP contribution in [0.25, 0.3) is 10.8 Å². The molecule has 0 radical (unpaired) electrons. The normalized spacial score (nSPS) is 11.1. The highest BCUT2D eigenvalue weighted by Crippen LogP contribution is 2.27. The maximum Gasteiger partial charge on any atom is 0.129 e. The summed E-state index contributed by atoms with van der Waals surface area (Å²) in [6.07, 6.45) is 1.83. The van der Waals surface area contributed by atoms with Gasteiger partial charge >= 0.3 is 0 Å². The fourth-order valence-corrected chi connectivity index (χ4v) is 3.61. The van der Waals surface area contributed by atoms with Crippen molar-refractivity contribution in [2.45, 2.75) is 13.2 Å². The second kappa shape index (κ2) is 9.96. The average molecular weight is 527 g/mol. The van der Waals surface area contributed by atoms with E-state index >= 15 is 0 Å². The highest BCUT2D eigenvalue weighted by Gasteiger charge is 2.08. The van der Waals surface area contributed by atoms with Crippen LogP contribution in [0.5, 0.6) is 5.75 Å². The Morgan fingerprint density at radius 3 is 2.40 bits per heavy atom. The lowest BCUT2D eigenvalue weighted by atomic mass is 10.0. The van der Waals surface area contributed by atoms with Gasteiger partial charge in [-0.2, -0.15) is 5.10 Å². The van der Waals surface area contributed by atoms with Crippen LogP contribution in [-0.4, -0.2) is 6.21 Å². The molecule has 4 rings (SSSR count). The van der Waals surface area contributed by atoms with E-state index in [2.05, 4.69) is 75.6 Å². The van der Waals surface area contributed by atoms with Crippen LogP contribution in [0.1, 0.15) is 16.7 Å². The van der Waals surface area contributed by atoms with Crippen molar-refractivity contribution in [2.24, 2.45) is 5.10 Å². The Bertz CT molecular complexity index is 1160. The van der Waals surface area contributed by atoms with E-state index in [1.165, 1.54) is 3.57 Å². The van der Waals surface area contributed by atoms with Crippen molar-refractivity contribution in [3.05, 3.63) is 110 Å². The largest absolute Gasteiger partial charge is 0.488 e. The van der Waals surface area contributed by atoms with Gasteiger partial charge in [0.25, 0.3) is 0 Å². The van der Waals surface area contributed by atoms with Gasteiger partial charge in [-0.15, -0.1) is 0 Å². The standard InChI is InChI=1S/C25H20ClIN2O/c26-21-10-5-18(6-11-21)15-28-29-16-24-23-4-2-1-3-20(23)9-14-25(24)30-17-19-7-12-22(27)13-8-19/h1-14,16,28H,15,17H2/b29-16-. The molecule has 4 aromatic rings. The molecule has 0 bridgehead atoms. The molecule has 0 heterocycles. The highest BCUT2D eigenvalue weighted by molar-refractivity contribution is 14.1. The van der Waals surface area contributed by atoms with E-state index in [-0.39, 0.29) is 0 Å². The third-order valence-electron chi connectivity index (χ3n) is 4.72. The number of ether oxygens (including phenoxy) is 1. The van der Waals surface area contributed by atoms with Gasteiger partial charge in [0.15, 0.2) is 0 Å². The highest BCUT2D eigenvalue weighted by atomic mass is 127. The van der Waals surface area contributed by atoms with Gasteiger partial charge in [-0.3, -0.25) is 0 Å². The van der Waals surface area contributed by atoms with Crippen LogP contribution in [-0.2, 0) is 13.2 Å². The summed E-state index contributed by atoms with van der Waals surface area (Å²) in [5.41, 5.74) is 6.32. The summed E-state index contributed by atoms with van der Waals surface area (Å²) < 4.78 is 7.37. The van der Waals surface area contributed by atoms with Crippen LogP contribution in [0.15, 0.2) is 90.0 Å². The first kappa shape index (κ1) is 20.7. The molecular weight excluding hydrogens is 507 g/mol. The molecule has 0 saturated carbocycles. The van der Waals surface area contributed by atoms with E-state index < -0.39 is 0 Å². The van der Waals surface area contributed by atoms with E-state index in [1.54, 1.807) is 0 Å². The number of nitrogens with one attached hydrogen (secondary N) is 1. The summed E-state index contributed by atoms with van der Waals surface area (Å²) in [5.74, 6) is 0.810. The summed E-state index contributed by atoms with van der Waals surface area (Å²) in [4.78, 5) is 0. The van der Waals surface area contributed by atoms with Crippen molar-refractivity contribution in [1.29, 1.82) is 0 Å². The molecule has 0 aromatic heterocycles. The molecule has 4 aromatic carbocycles. The number of benzene rings is 4. The first-order valence-corrected chi connectivity index (χ1v) is 11.0. The number of hydrogen-bond donors (Lipinski definition) is 1. The maximum absolute atomic E-state index is 6.16. The van der Waals surface area contributed by atoms with Gasteiger partial charge in [0.05, 0.1) is 12.8 Å². The Labute approximate surface area is 194 Å². The summed E-state index contributed by atoms with van der Waals surface area (Å²) >= 11 is 8.25. The van der Waals surface area contributed by atoms with Crippen LogP contribution >= 0.6 is 34.2 Å². The number of halogens is 2. The van der Waals surface area contributed by atoms with Gasteiger partial charge in [-0.05, 0) is 74.8 Å². The molecule has 0 aliphatic carbocycles. The van der Waals surface area contributed by atoms with Crippen LogP contribution in [0, 0.1) is 3.57 Å². The smallest absolute Gasteiger partial charge is 0.129 e. The molecule has 5 heteroatoms. The van der Waals surface area contributed by atoms with Crippen LogP contribution in [0.2, 0.25) is 5.02 Å². The van der Waals surface area contributed by atoms with Gasteiger partial charge in [-0.1, -0.05) is 66.2 Å². The van der Waals surface area contributed by atoms with Crippen molar-refractivity contribution < 1.29 is 4.74 Å². The molecule has 0 atom stereocenters. The first-order valence-electron chi connectivity index (χ1n) is 9.58. The van der Waals surface area contributed by atoms with Crippen LogP contribution in [0.3, 0.4) is 0 Å². The molecule has 0 amide bonds. The fourth-order valence-electron chi connectivity index (χ4n) is 3.13. The minimum Gasteiger partial charge on any atom is -0.488 e. The predicted octanol–water partition coefficient (Wildman–Crippen LogP) is 6.80. The van der Waals surface area contributed by atoms with E-state index in [1.807, 2.05) is 48.7 Å². The fraction of sp³-hybridized carbons (Fsp3) is 0.0800. The second-order valence-electron chi connectivity index (χ2n) is 6.83. The third-order valence-corrected chi connectivity index (χ3v) is 5.69. The van der Waals surface area contributed by atoms with E-state index in [0.29, 0.717) is 13.2 Å². The van der Waals surface area contributed by atoms with Crippen molar-refractivity contribution in [3.63, 3.8) is 0 Å². The van der Waals surface area contributed by atoms with Gasteiger partial charge in [0.1, 0.15) is 12.4 Å². The molecule has 1 N–H and O–H groups in total. The van der Waals surface area contributed by atoms with Gasteiger partial charge in [-0.25, -0.2) is 0 Å². The Morgan fingerprint density at radius 2 is 1.60 bits per heavy atom. The molecule has 30 heavy (non-hydrogen) atoms. The summed E-state index contributed by atoms with van der Waals surface area (Å²) in [5, 5.41) is 7.43. The number of hydrogen-bond acceptors (Lipinski definition) is 3. The zero-order valence-electron chi connectivity index (χ0n) is 16.2. The molecular formula is C25H20ClIN2O. The van der Waals surface area contributed by atoms with Crippen molar-refractivity contribution >= 4 is 51.2 Å². The zero-order valence-corrected chi connectivity index (χ0v) is 19.1.